The molecule has 0 saturated heterocycles. The zero-order valence-electron chi connectivity index (χ0n) is 9.24. The van der Waals surface area contributed by atoms with E-state index in [1.807, 2.05) is 19.1 Å². The van der Waals surface area contributed by atoms with Gasteiger partial charge in [-0.2, -0.15) is 0 Å². The average Bonchev–Trinajstić information content (AvgIpc) is 2.29. The molecule has 0 aromatic heterocycles. The first-order valence-electron chi connectivity index (χ1n) is 5.43. The summed E-state index contributed by atoms with van der Waals surface area (Å²) < 4.78 is 0. The number of benzene rings is 1. The molecule has 4 N–H and O–H groups in total. The molecule has 84 valence electrons. The smallest absolute Gasteiger partial charge is 0.0662 e. The van der Waals surface area contributed by atoms with E-state index < -0.39 is 0 Å². The van der Waals surface area contributed by atoms with Crippen LogP contribution in [0.5, 0.6) is 0 Å². The molecule has 0 bridgehead atoms. The van der Waals surface area contributed by atoms with Crippen molar-refractivity contribution < 1.29 is 5.11 Å². The Morgan fingerprint density at radius 3 is 2.80 bits per heavy atom. The molecule has 3 nitrogen and oxygen atoms in total. The van der Waals surface area contributed by atoms with E-state index in [1.165, 1.54) is 5.56 Å². The molecule has 1 aromatic carbocycles. The standard InChI is InChI=1S/C12H20N2O/c1-2-12(15)9-14-8-11-5-3-4-10(6-11)7-13/h3-6,12,14-15H,2,7-9,13H2,1H3. The highest BCUT2D eigenvalue weighted by Crippen LogP contribution is 2.04. The van der Waals surface area contributed by atoms with Crippen LogP contribution in [0.3, 0.4) is 0 Å². The molecule has 0 radical (unpaired) electrons. The highest BCUT2D eigenvalue weighted by atomic mass is 16.3. The number of hydrogen-bond donors (Lipinski definition) is 3. The van der Waals surface area contributed by atoms with Gasteiger partial charge in [-0.05, 0) is 17.5 Å². The van der Waals surface area contributed by atoms with Crippen LogP contribution >= 0.6 is 0 Å². The number of aliphatic hydroxyl groups is 1. The van der Waals surface area contributed by atoms with E-state index in [-0.39, 0.29) is 6.10 Å². The van der Waals surface area contributed by atoms with E-state index in [1.54, 1.807) is 0 Å². The third kappa shape index (κ3) is 4.42. The van der Waals surface area contributed by atoms with Crippen molar-refractivity contribution in [1.82, 2.24) is 5.32 Å². The quantitative estimate of drug-likeness (QED) is 0.654. The Balaban J connectivity index is 2.37. The summed E-state index contributed by atoms with van der Waals surface area (Å²) >= 11 is 0. The third-order valence-electron chi connectivity index (χ3n) is 2.41. The van der Waals surface area contributed by atoms with Gasteiger partial charge in [-0.3, -0.25) is 0 Å². The Morgan fingerprint density at radius 2 is 2.13 bits per heavy atom. The van der Waals surface area contributed by atoms with Crippen molar-refractivity contribution in [2.75, 3.05) is 6.54 Å². The van der Waals surface area contributed by atoms with Crippen molar-refractivity contribution in [2.45, 2.75) is 32.5 Å². The van der Waals surface area contributed by atoms with Crippen LogP contribution in [0.2, 0.25) is 0 Å². The fraction of sp³-hybridized carbons (Fsp3) is 0.500. The predicted octanol–water partition coefficient (Wildman–Crippen LogP) is 1.01. The zero-order valence-corrected chi connectivity index (χ0v) is 9.24. The summed E-state index contributed by atoms with van der Waals surface area (Å²) in [5.41, 5.74) is 7.91. The third-order valence-corrected chi connectivity index (χ3v) is 2.41. The minimum absolute atomic E-state index is 0.248. The summed E-state index contributed by atoms with van der Waals surface area (Å²) in [6.07, 6.45) is 0.540. The van der Waals surface area contributed by atoms with Gasteiger partial charge >= 0.3 is 0 Å². The Labute approximate surface area is 91.3 Å². The van der Waals surface area contributed by atoms with Crippen LogP contribution in [-0.4, -0.2) is 17.8 Å². The molecular formula is C12H20N2O. The largest absolute Gasteiger partial charge is 0.392 e. The molecule has 0 aliphatic heterocycles. The van der Waals surface area contributed by atoms with Gasteiger partial charge in [-0.15, -0.1) is 0 Å². The van der Waals surface area contributed by atoms with Gasteiger partial charge in [0.05, 0.1) is 6.10 Å². The minimum atomic E-state index is -0.248. The van der Waals surface area contributed by atoms with E-state index >= 15 is 0 Å². The molecule has 0 aliphatic carbocycles. The molecule has 0 spiro atoms. The minimum Gasteiger partial charge on any atom is -0.392 e. The Morgan fingerprint density at radius 1 is 1.40 bits per heavy atom. The van der Waals surface area contributed by atoms with Gasteiger partial charge < -0.3 is 16.2 Å². The average molecular weight is 208 g/mol. The van der Waals surface area contributed by atoms with E-state index in [0.717, 1.165) is 18.5 Å². The second kappa shape index (κ2) is 6.56. The van der Waals surface area contributed by atoms with Gasteiger partial charge in [0, 0.05) is 19.6 Å². The molecule has 1 unspecified atom stereocenters. The second-order valence-corrected chi connectivity index (χ2v) is 3.72. The lowest BCUT2D eigenvalue weighted by Gasteiger charge is -2.09. The Bertz CT molecular complexity index is 289. The Hall–Kier alpha value is -0.900. The Kier molecular flexibility index (Phi) is 5.32. The van der Waals surface area contributed by atoms with Crippen molar-refractivity contribution in [2.24, 2.45) is 5.73 Å². The molecule has 1 rings (SSSR count). The molecule has 1 atom stereocenters. The summed E-state index contributed by atoms with van der Waals surface area (Å²) in [5, 5.41) is 12.6. The number of aliphatic hydroxyl groups excluding tert-OH is 1. The van der Waals surface area contributed by atoms with Gasteiger partial charge in [-0.25, -0.2) is 0 Å². The molecule has 3 heteroatoms. The van der Waals surface area contributed by atoms with Crippen LogP contribution in [0.25, 0.3) is 0 Å². The lowest BCUT2D eigenvalue weighted by molar-refractivity contribution is 0.167. The first-order valence-corrected chi connectivity index (χ1v) is 5.43. The van der Waals surface area contributed by atoms with Gasteiger partial charge in [-0.1, -0.05) is 31.2 Å². The number of nitrogens with two attached hydrogens (primary N) is 1. The highest BCUT2D eigenvalue weighted by molar-refractivity contribution is 5.23. The van der Waals surface area contributed by atoms with Crippen molar-refractivity contribution in [1.29, 1.82) is 0 Å². The molecule has 0 amide bonds. The van der Waals surface area contributed by atoms with E-state index in [2.05, 4.69) is 17.4 Å². The predicted molar refractivity (Wildman–Crippen MR) is 62.3 cm³/mol. The van der Waals surface area contributed by atoms with Crippen LogP contribution < -0.4 is 11.1 Å². The summed E-state index contributed by atoms with van der Waals surface area (Å²) in [5.74, 6) is 0. The van der Waals surface area contributed by atoms with Gasteiger partial charge in [0.15, 0.2) is 0 Å². The summed E-state index contributed by atoms with van der Waals surface area (Å²) in [4.78, 5) is 0. The van der Waals surface area contributed by atoms with Crippen molar-refractivity contribution >= 4 is 0 Å². The molecule has 0 aliphatic rings. The van der Waals surface area contributed by atoms with Crippen LogP contribution in [0.4, 0.5) is 0 Å². The monoisotopic (exact) mass is 208 g/mol. The fourth-order valence-corrected chi connectivity index (χ4v) is 1.39. The van der Waals surface area contributed by atoms with Crippen molar-refractivity contribution in [3.05, 3.63) is 35.4 Å². The lowest BCUT2D eigenvalue weighted by Crippen LogP contribution is -2.25. The molecule has 15 heavy (non-hydrogen) atoms. The number of rotatable bonds is 6. The summed E-state index contributed by atoms with van der Waals surface area (Å²) in [6, 6.07) is 8.18. The molecule has 0 heterocycles. The van der Waals surface area contributed by atoms with Crippen LogP contribution in [0, 0.1) is 0 Å². The molecular weight excluding hydrogens is 188 g/mol. The first kappa shape index (κ1) is 12.2. The molecule has 1 aromatic rings. The van der Waals surface area contributed by atoms with Crippen molar-refractivity contribution in [3.63, 3.8) is 0 Å². The van der Waals surface area contributed by atoms with E-state index in [4.69, 9.17) is 5.73 Å². The first-order chi connectivity index (χ1) is 7.26. The number of hydrogen-bond acceptors (Lipinski definition) is 3. The maximum absolute atomic E-state index is 9.35. The summed E-state index contributed by atoms with van der Waals surface area (Å²) in [7, 11) is 0. The van der Waals surface area contributed by atoms with Gasteiger partial charge in [0.1, 0.15) is 0 Å². The van der Waals surface area contributed by atoms with Crippen LogP contribution in [0.1, 0.15) is 24.5 Å². The lowest BCUT2D eigenvalue weighted by atomic mass is 10.1. The zero-order chi connectivity index (χ0) is 11.1. The van der Waals surface area contributed by atoms with E-state index in [0.29, 0.717) is 13.1 Å². The summed E-state index contributed by atoms with van der Waals surface area (Å²) in [6.45, 7) is 3.97. The normalized spacial score (nSPS) is 12.7. The SMILES string of the molecule is CCC(O)CNCc1cccc(CN)c1. The van der Waals surface area contributed by atoms with E-state index in [9.17, 15) is 5.11 Å². The number of nitrogens with one attached hydrogen (secondary N) is 1. The maximum atomic E-state index is 9.35. The van der Waals surface area contributed by atoms with Crippen LogP contribution in [-0.2, 0) is 13.1 Å². The van der Waals surface area contributed by atoms with Crippen LogP contribution in [0.15, 0.2) is 24.3 Å². The second-order valence-electron chi connectivity index (χ2n) is 3.72. The highest BCUT2D eigenvalue weighted by Gasteiger charge is 1.99. The maximum Gasteiger partial charge on any atom is 0.0662 e. The van der Waals surface area contributed by atoms with Gasteiger partial charge in [0.2, 0.25) is 0 Å². The molecule has 0 saturated carbocycles. The fourth-order valence-electron chi connectivity index (χ4n) is 1.39. The molecule has 0 fully saturated rings. The topological polar surface area (TPSA) is 58.3 Å². The van der Waals surface area contributed by atoms with Crippen molar-refractivity contribution in [3.8, 4) is 0 Å². The van der Waals surface area contributed by atoms with Gasteiger partial charge in [0.25, 0.3) is 0 Å².